The average Bonchev–Trinajstić information content (AvgIpc) is 3.40. The van der Waals surface area contributed by atoms with Crippen LogP contribution in [0.1, 0.15) is 47.9 Å². The van der Waals surface area contributed by atoms with Crippen molar-refractivity contribution in [2.75, 3.05) is 0 Å². The monoisotopic (exact) mass is 1060 g/mol. The molecule has 1 saturated carbocycles. The summed E-state index contributed by atoms with van der Waals surface area (Å²) < 4.78 is 68.3. The molecule has 10 aromatic rings. The average molecular weight is 1060 g/mol. The van der Waals surface area contributed by atoms with Crippen molar-refractivity contribution in [3.8, 4) is 56.0 Å². The summed E-state index contributed by atoms with van der Waals surface area (Å²) in [5.74, 6) is -2.64. The van der Waals surface area contributed by atoms with E-state index < -0.39 is 23.3 Å². The SMILES string of the molecule is Cc1c(F)cc(-c2ccc3ccccc3c2-c2c(O)c(C=N[C@@H]3CCCC[C@H]3N=Cc3cc4ccccc4c(-c4c(-c5cc(F)c(C)c(F)c5)ccc5ccccc45)c3O)cc3ccccc23)cc1F.[C-]#[O+].[Ru]. The molecule has 0 saturated heterocycles. The van der Waals surface area contributed by atoms with Crippen molar-refractivity contribution in [3.05, 3.63) is 210 Å². The van der Waals surface area contributed by atoms with Crippen molar-refractivity contribution >= 4 is 55.5 Å². The fraction of sp³-hybridized carbons (Fsp3) is 0.127. The van der Waals surface area contributed by atoms with E-state index in [-0.39, 0.29) is 54.2 Å². The number of aromatic hydroxyl groups is 2. The molecule has 73 heavy (non-hydrogen) atoms. The van der Waals surface area contributed by atoms with Gasteiger partial charge in [0.25, 0.3) is 0 Å². The number of nitrogens with zero attached hydrogens (tertiary/aromatic N) is 2. The van der Waals surface area contributed by atoms with Crippen molar-refractivity contribution in [1.29, 1.82) is 0 Å². The second-order valence-electron chi connectivity index (χ2n) is 18.3. The van der Waals surface area contributed by atoms with Gasteiger partial charge in [0.1, 0.15) is 34.8 Å². The molecule has 0 bridgehead atoms. The van der Waals surface area contributed by atoms with Gasteiger partial charge in [-0.25, -0.2) is 17.6 Å². The molecule has 2 N–H and O–H groups in total. The summed E-state index contributed by atoms with van der Waals surface area (Å²) in [6.45, 7) is 7.32. The molecule has 5 nitrogen and oxygen atoms in total. The molecule has 0 aliphatic heterocycles. The van der Waals surface area contributed by atoms with E-state index in [1.54, 1.807) is 12.4 Å². The van der Waals surface area contributed by atoms with Gasteiger partial charge >= 0.3 is 11.3 Å². The fourth-order valence-electron chi connectivity index (χ4n) is 10.4. The maximum atomic E-state index is 15.2. The number of fused-ring (bicyclic) bond motifs is 4. The van der Waals surface area contributed by atoms with Gasteiger partial charge in [0.2, 0.25) is 0 Å². The Balaban J connectivity index is 0.00000216. The molecule has 2 atom stereocenters. The van der Waals surface area contributed by atoms with Crippen LogP contribution < -0.4 is 0 Å². The molecule has 0 aromatic heterocycles. The molecule has 0 unspecified atom stereocenters. The molecular formula is C63H46F4N2O3Ru. The normalized spacial score (nSPS) is 14.7. The molecule has 10 heteroatoms. The predicted molar refractivity (Wildman–Crippen MR) is 282 cm³/mol. The number of aliphatic imine (C=N–C) groups is 2. The smallest absolute Gasteiger partial charge is 0 e. The Kier molecular flexibility index (Phi) is 14.6. The number of halogens is 4. The predicted octanol–water partition coefficient (Wildman–Crippen LogP) is 16.4. The standard InChI is InChI=1S/C62H46F4N2O2.CO.Ru/c1-35-51(63)29-41(30-52(35)64)49-25-23-37-13-3-7-17-45(37)57(49)59-47-19-9-5-15-39(47)27-43(61(59)69)33-67-55-21-11-12-22-56(55)68-34-44-28-40-16-6-10-20-48(40)60(62(44)70)58-46-18-8-4-14-38(46)24-26-50(58)42-31-53(65)36(2)54(66)32-42;1-2;/h3-10,13-20,23-34,55-56,69-70H,11-12,21-22H2,1-2H3;;/t55-,56-;;/m1../s1. The molecule has 0 spiro atoms. The summed E-state index contributed by atoms with van der Waals surface area (Å²) in [7, 11) is 0. The number of phenols is 2. The van der Waals surface area contributed by atoms with Crippen LogP contribution in [0.5, 0.6) is 11.5 Å². The number of hydrogen-bond acceptors (Lipinski definition) is 4. The molecule has 10 aromatic carbocycles. The van der Waals surface area contributed by atoms with E-state index in [9.17, 15) is 10.2 Å². The van der Waals surface area contributed by atoms with E-state index >= 15 is 17.6 Å². The zero-order valence-corrected chi connectivity index (χ0v) is 41.4. The van der Waals surface area contributed by atoms with Crippen LogP contribution in [0.2, 0.25) is 0 Å². The molecular weight excluding hydrogens is 1010 g/mol. The minimum absolute atomic E-state index is 0. The molecule has 11 rings (SSSR count). The third kappa shape index (κ3) is 9.35. The minimum atomic E-state index is -0.655. The maximum Gasteiger partial charge on any atom is 0 e. The first-order chi connectivity index (χ1) is 35.0. The number of rotatable bonds is 8. The second-order valence-corrected chi connectivity index (χ2v) is 18.3. The van der Waals surface area contributed by atoms with Gasteiger partial charge in [-0.2, -0.15) is 0 Å². The Labute approximate surface area is 432 Å². The van der Waals surface area contributed by atoms with Gasteiger partial charge in [-0.1, -0.05) is 134 Å². The van der Waals surface area contributed by atoms with Crippen molar-refractivity contribution in [1.82, 2.24) is 0 Å². The van der Waals surface area contributed by atoms with Crippen molar-refractivity contribution in [2.45, 2.75) is 51.6 Å². The molecule has 1 aliphatic carbocycles. The van der Waals surface area contributed by atoms with Gasteiger partial charge < -0.3 is 10.2 Å². The van der Waals surface area contributed by atoms with Crippen LogP contribution in [-0.2, 0) is 24.1 Å². The third-order valence-corrected chi connectivity index (χ3v) is 14.1. The van der Waals surface area contributed by atoms with Gasteiger partial charge in [0.05, 0.1) is 12.1 Å². The molecule has 0 amide bonds. The zero-order valence-electron chi connectivity index (χ0n) is 39.7. The van der Waals surface area contributed by atoms with Gasteiger partial charge in [-0.3, -0.25) is 9.98 Å². The number of hydrogen-bond donors (Lipinski definition) is 2. The Hall–Kier alpha value is -7.74. The van der Waals surface area contributed by atoms with Gasteiger partial charge in [-0.15, -0.1) is 0 Å². The van der Waals surface area contributed by atoms with E-state index in [1.807, 2.05) is 133 Å². The first-order valence-corrected chi connectivity index (χ1v) is 23.8. The van der Waals surface area contributed by atoms with Gasteiger partial charge in [0.15, 0.2) is 0 Å². The summed E-state index contributed by atoms with van der Waals surface area (Å²) in [4.78, 5) is 10.3. The third-order valence-electron chi connectivity index (χ3n) is 14.1. The molecule has 0 radical (unpaired) electrons. The minimum Gasteiger partial charge on any atom is 0 e. The maximum absolute atomic E-state index is 15.2. The largest absolute Gasteiger partial charge is 0 e. The van der Waals surface area contributed by atoms with E-state index in [2.05, 4.69) is 6.65 Å². The van der Waals surface area contributed by atoms with Crippen LogP contribution >= 0.6 is 0 Å². The van der Waals surface area contributed by atoms with Crippen LogP contribution in [0.4, 0.5) is 17.6 Å². The van der Waals surface area contributed by atoms with Crippen LogP contribution in [0, 0.1) is 43.8 Å². The van der Waals surface area contributed by atoms with E-state index in [1.165, 1.54) is 38.1 Å². The summed E-state index contributed by atoms with van der Waals surface area (Å²) in [5, 5.41) is 31.6. The van der Waals surface area contributed by atoms with Crippen LogP contribution in [0.3, 0.4) is 0 Å². The van der Waals surface area contributed by atoms with E-state index in [0.29, 0.717) is 55.6 Å². The summed E-state index contributed by atoms with van der Waals surface area (Å²) >= 11 is 0. The molecule has 1 fully saturated rings. The van der Waals surface area contributed by atoms with Crippen LogP contribution in [0.25, 0.3) is 87.6 Å². The molecule has 362 valence electrons. The Morgan fingerprint density at radius 2 is 0.767 bits per heavy atom. The first-order valence-electron chi connectivity index (χ1n) is 23.8. The van der Waals surface area contributed by atoms with Crippen LogP contribution in [-0.4, -0.2) is 34.7 Å². The molecule has 1 aliphatic rings. The van der Waals surface area contributed by atoms with Crippen molar-refractivity contribution < 1.29 is 51.9 Å². The summed E-state index contributed by atoms with van der Waals surface area (Å²) in [6, 6.07) is 47.3. The first kappa shape index (κ1) is 50.2. The second kappa shape index (κ2) is 21.2. The van der Waals surface area contributed by atoms with Crippen LogP contribution in [0.15, 0.2) is 168 Å². The van der Waals surface area contributed by atoms with E-state index in [0.717, 1.165) is 68.8 Å². The van der Waals surface area contributed by atoms with Crippen molar-refractivity contribution in [2.24, 2.45) is 9.98 Å². The fourth-order valence-corrected chi connectivity index (χ4v) is 10.4. The summed E-state index contributed by atoms with van der Waals surface area (Å²) in [5.41, 5.74) is 5.04. The quantitative estimate of drug-likeness (QED) is 0.0522. The van der Waals surface area contributed by atoms with Gasteiger partial charge in [-0.05, 0) is 128 Å². The Morgan fingerprint density at radius 3 is 1.12 bits per heavy atom. The van der Waals surface area contributed by atoms with Crippen molar-refractivity contribution in [3.63, 3.8) is 0 Å². The summed E-state index contributed by atoms with van der Waals surface area (Å²) in [6.07, 6.45) is 6.78. The molecule has 0 heterocycles. The number of phenolic OH excluding ortho intramolecular Hbond substituents is 2. The Bertz CT molecular complexity index is 3570. The zero-order chi connectivity index (χ0) is 50.2. The Morgan fingerprint density at radius 1 is 0.452 bits per heavy atom. The number of benzene rings is 10. The van der Waals surface area contributed by atoms with E-state index in [4.69, 9.17) is 14.6 Å². The topological polar surface area (TPSA) is 85.1 Å². The van der Waals surface area contributed by atoms with Gasteiger partial charge in [0, 0.05) is 76.4 Å².